The van der Waals surface area contributed by atoms with Gasteiger partial charge in [-0.15, -0.1) is 0 Å². The molecule has 11 nitrogen and oxygen atoms in total. The van der Waals surface area contributed by atoms with E-state index in [1.165, 1.54) is 19.4 Å². The van der Waals surface area contributed by atoms with Crippen molar-refractivity contribution < 1.29 is 14.3 Å². The van der Waals surface area contributed by atoms with Crippen LogP contribution in [0.25, 0.3) is 0 Å². The van der Waals surface area contributed by atoms with Gasteiger partial charge < -0.3 is 26.0 Å². The molecule has 1 saturated heterocycles. The molecule has 1 atom stereocenters. The highest BCUT2D eigenvalue weighted by Crippen LogP contribution is 2.35. The average Bonchev–Trinajstić information content (AvgIpc) is 3.33. The maximum atomic E-state index is 12.0. The quantitative estimate of drug-likeness (QED) is 0.390. The Morgan fingerprint density at radius 2 is 2.11 bits per heavy atom. The summed E-state index contributed by atoms with van der Waals surface area (Å²) >= 11 is 6.14. The largest absolute Gasteiger partial charge is 0.495 e. The number of hydrogen-bond donors (Lipinski definition) is 3. The maximum absolute atomic E-state index is 12.0. The van der Waals surface area contributed by atoms with Crippen molar-refractivity contribution >= 4 is 46.6 Å². The van der Waals surface area contributed by atoms with E-state index in [0.29, 0.717) is 35.2 Å². The number of anilines is 4. The number of rotatable bonds is 8. The predicted molar refractivity (Wildman–Crippen MR) is 137 cm³/mol. The zero-order valence-electron chi connectivity index (χ0n) is 20.0. The molecule has 1 aromatic carbocycles. The van der Waals surface area contributed by atoms with Crippen LogP contribution in [0.5, 0.6) is 5.75 Å². The molecule has 36 heavy (non-hydrogen) atoms. The Kier molecular flexibility index (Phi) is 7.39. The molecule has 1 aliphatic heterocycles. The van der Waals surface area contributed by atoms with E-state index < -0.39 is 5.91 Å². The van der Waals surface area contributed by atoms with Gasteiger partial charge in [-0.1, -0.05) is 18.2 Å². The van der Waals surface area contributed by atoms with E-state index in [4.69, 9.17) is 22.1 Å². The van der Waals surface area contributed by atoms with Crippen LogP contribution in [0.15, 0.2) is 43.4 Å². The Morgan fingerprint density at radius 3 is 2.83 bits per heavy atom. The van der Waals surface area contributed by atoms with Crippen molar-refractivity contribution in [1.29, 1.82) is 0 Å². The average molecular weight is 511 g/mol. The number of methoxy groups -OCH3 is 1. The number of likely N-dealkylation sites (tertiary alicyclic amines) is 1. The van der Waals surface area contributed by atoms with Gasteiger partial charge in [0.1, 0.15) is 17.1 Å². The third kappa shape index (κ3) is 5.41. The summed E-state index contributed by atoms with van der Waals surface area (Å²) in [5.74, 6) is 0.169. The predicted octanol–water partition coefficient (Wildman–Crippen LogP) is 3.58. The number of ether oxygens (including phenoxy) is 1. The second kappa shape index (κ2) is 10.6. The van der Waals surface area contributed by atoms with Gasteiger partial charge in [-0.3, -0.25) is 14.3 Å². The van der Waals surface area contributed by atoms with Crippen LogP contribution in [0.1, 0.15) is 34.8 Å². The van der Waals surface area contributed by atoms with Gasteiger partial charge in [0.25, 0.3) is 5.91 Å². The zero-order chi connectivity index (χ0) is 25.8. The lowest BCUT2D eigenvalue weighted by atomic mass is 10.1. The molecule has 12 heteroatoms. The zero-order valence-corrected chi connectivity index (χ0v) is 20.7. The Labute approximate surface area is 213 Å². The SMILES string of the molecule is C=CC(=O)N1CCCC(n2cc(Nc3ncc(C(N)=O)c(Nc4c(C)cc(Cl)cc4OC)n3)cn2)C1. The van der Waals surface area contributed by atoms with Gasteiger partial charge in [0.15, 0.2) is 0 Å². The van der Waals surface area contributed by atoms with Crippen LogP contribution in [0.3, 0.4) is 0 Å². The molecular weight excluding hydrogens is 484 g/mol. The van der Waals surface area contributed by atoms with Crippen molar-refractivity contribution in [2.24, 2.45) is 5.73 Å². The van der Waals surface area contributed by atoms with E-state index in [0.717, 1.165) is 18.4 Å². The molecule has 2 aromatic heterocycles. The second-order valence-corrected chi connectivity index (χ2v) is 8.80. The molecule has 2 amide bonds. The number of aryl methyl sites for hydroxylation is 1. The smallest absolute Gasteiger partial charge is 0.254 e. The Balaban J connectivity index is 1.56. The summed E-state index contributed by atoms with van der Waals surface area (Å²) < 4.78 is 7.26. The lowest BCUT2D eigenvalue weighted by molar-refractivity contribution is -0.127. The summed E-state index contributed by atoms with van der Waals surface area (Å²) in [6.07, 6.45) is 7.95. The minimum Gasteiger partial charge on any atom is -0.495 e. The Bertz CT molecular complexity index is 1310. The molecule has 0 bridgehead atoms. The highest BCUT2D eigenvalue weighted by molar-refractivity contribution is 6.31. The summed E-state index contributed by atoms with van der Waals surface area (Å²) in [5, 5.41) is 11.2. The fraction of sp³-hybridized carbons (Fsp3) is 0.292. The number of carbonyl (C=O) groups excluding carboxylic acids is 2. The van der Waals surface area contributed by atoms with Gasteiger partial charge in [-0.05, 0) is 37.5 Å². The molecule has 0 aliphatic carbocycles. The molecule has 188 valence electrons. The number of amides is 2. The molecule has 3 heterocycles. The molecule has 0 radical (unpaired) electrons. The summed E-state index contributed by atoms with van der Waals surface area (Å²) in [6.45, 7) is 6.69. The van der Waals surface area contributed by atoms with Crippen LogP contribution < -0.4 is 21.1 Å². The standard InChI is InChI=1S/C24H27ClN8O3/c1-4-20(34)32-7-5-6-17(13-32)33-12-16(10-28-33)29-24-27-11-18(22(26)35)23(31-24)30-21-14(2)8-15(25)9-19(21)36-3/h4,8-12,17H,1,5-7,13H2,2-3H3,(H2,26,35)(H2,27,29,30,31). The molecule has 4 rings (SSSR count). The number of nitrogens with zero attached hydrogens (tertiary/aromatic N) is 5. The lowest BCUT2D eigenvalue weighted by Crippen LogP contribution is -2.39. The van der Waals surface area contributed by atoms with Crippen LogP contribution in [0.2, 0.25) is 5.02 Å². The van der Waals surface area contributed by atoms with Crippen LogP contribution in [-0.4, -0.2) is 56.7 Å². The van der Waals surface area contributed by atoms with Gasteiger partial charge in [-0.25, -0.2) is 4.98 Å². The number of carbonyl (C=O) groups is 2. The van der Waals surface area contributed by atoms with Crippen molar-refractivity contribution in [3.05, 3.63) is 59.5 Å². The fourth-order valence-electron chi connectivity index (χ4n) is 4.10. The Morgan fingerprint density at radius 1 is 1.31 bits per heavy atom. The third-order valence-electron chi connectivity index (χ3n) is 5.90. The van der Waals surface area contributed by atoms with Crippen LogP contribution in [-0.2, 0) is 4.79 Å². The van der Waals surface area contributed by atoms with Crippen molar-refractivity contribution in [2.45, 2.75) is 25.8 Å². The highest BCUT2D eigenvalue weighted by Gasteiger charge is 2.24. The summed E-state index contributed by atoms with van der Waals surface area (Å²) in [5.41, 5.74) is 7.71. The van der Waals surface area contributed by atoms with Gasteiger partial charge in [0, 0.05) is 36.6 Å². The molecule has 1 unspecified atom stereocenters. The van der Waals surface area contributed by atoms with Crippen LogP contribution in [0, 0.1) is 6.92 Å². The van der Waals surface area contributed by atoms with E-state index in [1.807, 2.05) is 17.8 Å². The molecule has 1 aliphatic rings. The molecule has 0 spiro atoms. The number of nitrogens with one attached hydrogen (secondary N) is 2. The van der Waals surface area contributed by atoms with Gasteiger partial charge in [0.2, 0.25) is 11.9 Å². The number of nitrogens with two attached hydrogens (primary N) is 1. The van der Waals surface area contributed by atoms with E-state index in [1.54, 1.807) is 23.2 Å². The summed E-state index contributed by atoms with van der Waals surface area (Å²) in [4.78, 5) is 34.5. The van der Waals surface area contributed by atoms with Gasteiger partial charge in [0.05, 0.1) is 30.7 Å². The van der Waals surface area contributed by atoms with Crippen molar-refractivity contribution in [1.82, 2.24) is 24.6 Å². The number of halogens is 1. The van der Waals surface area contributed by atoms with E-state index in [-0.39, 0.29) is 29.3 Å². The maximum Gasteiger partial charge on any atom is 0.254 e. The molecular formula is C24H27ClN8O3. The summed E-state index contributed by atoms with van der Waals surface area (Å²) in [7, 11) is 1.52. The number of aromatic nitrogens is 4. The molecule has 4 N–H and O–H groups in total. The molecule has 1 fully saturated rings. The number of primary amides is 1. The monoisotopic (exact) mass is 510 g/mol. The summed E-state index contributed by atoms with van der Waals surface area (Å²) in [6, 6.07) is 3.47. The topological polar surface area (TPSA) is 140 Å². The first kappa shape index (κ1) is 25.0. The minimum atomic E-state index is -0.682. The van der Waals surface area contributed by atoms with Gasteiger partial charge in [-0.2, -0.15) is 10.1 Å². The van der Waals surface area contributed by atoms with E-state index in [2.05, 4.69) is 32.3 Å². The Hall–Kier alpha value is -4.12. The first-order valence-electron chi connectivity index (χ1n) is 11.3. The van der Waals surface area contributed by atoms with Crippen molar-refractivity contribution in [3.63, 3.8) is 0 Å². The minimum absolute atomic E-state index is 0.0499. The van der Waals surface area contributed by atoms with Crippen molar-refractivity contribution in [2.75, 3.05) is 30.8 Å². The number of piperidine rings is 1. The lowest BCUT2D eigenvalue weighted by Gasteiger charge is -2.32. The first-order chi connectivity index (χ1) is 17.3. The van der Waals surface area contributed by atoms with E-state index in [9.17, 15) is 9.59 Å². The number of benzene rings is 1. The first-order valence-corrected chi connectivity index (χ1v) is 11.7. The molecule has 0 saturated carbocycles. The van der Waals surface area contributed by atoms with E-state index >= 15 is 0 Å². The highest BCUT2D eigenvalue weighted by atomic mass is 35.5. The second-order valence-electron chi connectivity index (χ2n) is 8.36. The third-order valence-corrected chi connectivity index (χ3v) is 6.11. The van der Waals surface area contributed by atoms with Crippen LogP contribution in [0.4, 0.5) is 23.1 Å². The van der Waals surface area contributed by atoms with Crippen LogP contribution >= 0.6 is 11.6 Å². The fourth-order valence-corrected chi connectivity index (χ4v) is 4.36. The number of hydrogen-bond acceptors (Lipinski definition) is 8. The van der Waals surface area contributed by atoms with Crippen molar-refractivity contribution in [3.8, 4) is 5.75 Å². The normalized spacial score (nSPS) is 15.3. The van der Waals surface area contributed by atoms with Gasteiger partial charge >= 0.3 is 0 Å². The molecule has 3 aromatic rings.